The molecule has 0 atom stereocenters. The van der Waals surface area contributed by atoms with Crippen molar-refractivity contribution in [1.29, 1.82) is 0 Å². The van der Waals surface area contributed by atoms with Crippen LogP contribution in [0.15, 0.2) is 22.9 Å². The van der Waals surface area contributed by atoms with Gasteiger partial charge >= 0.3 is 0 Å². The Bertz CT molecular complexity index is 742. The van der Waals surface area contributed by atoms with Crippen molar-refractivity contribution in [2.45, 2.75) is 19.3 Å². The van der Waals surface area contributed by atoms with Gasteiger partial charge in [0.2, 0.25) is 0 Å². The topological polar surface area (TPSA) is 85.1 Å². The van der Waals surface area contributed by atoms with Gasteiger partial charge in [-0.05, 0) is 52.9 Å². The highest BCUT2D eigenvalue weighted by Crippen LogP contribution is 2.39. The number of hydrogen-bond acceptors (Lipinski definition) is 4. The molecule has 7 heteroatoms. The molecule has 108 valence electrons. The summed E-state index contributed by atoms with van der Waals surface area (Å²) in [6, 6.07) is 3.24. The van der Waals surface area contributed by atoms with Gasteiger partial charge in [0.15, 0.2) is 0 Å². The first-order valence-electron chi connectivity index (χ1n) is 6.43. The van der Waals surface area contributed by atoms with Crippen LogP contribution in [-0.2, 0) is 12.8 Å². The Kier molecular flexibility index (Phi) is 3.77. The molecular formula is C14H12BrN3O2S. The molecule has 1 aliphatic rings. The number of thiophene rings is 1. The van der Waals surface area contributed by atoms with Crippen LogP contribution >= 0.6 is 27.3 Å². The molecular weight excluding hydrogens is 354 g/mol. The zero-order valence-corrected chi connectivity index (χ0v) is 13.4. The molecule has 5 nitrogen and oxygen atoms in total. The quantitative estimate of drug-likeness (QED) is 0.820. The maximum Gasteiger partial charge on any atom is 0.256 e. The number of rotatable bonds is 3. The number of carbonyl (C=O) groups is 2. The fraction of sp³-hybridized carbons (Fsp3) is 0.214. The fourth-order valence-corrected chi connectivity index (χ4v) is 4.13. The van der Waals surface area contributed by atoms with E-state index < -0.39 is 5.91 Å². The highest BCUT2D eigenvalue weighted by Gasteiger charge is 2.26. The smallest absolute Gasteiger partial charge is 0.256 e. The highest BCUT2D eigenvalue weighted by molar-refractivity contribution is 9.10. The van der Waals surface area contributed by atoms with Gasteiger partial charge in [0.25, 0.3) is 11.8 Å². The van der Waals surface area contributed by atoms with Crippen LogP contribution in [0.5, 0.6) is 0 Å². The SMILES string of the molecule is NC(=O)c1c(NC(=O)c2ccnc(Br)c2)sc2c1CCC2. The number of hydrogen-bond donors (Lipinski definition) is 2. The summed E-state index contributed by atoms with van der Waals surface area (Å²) in [7, 11) is 0. The molecule has 0 fully saturated rings. The third kappa shape index (κ3) is 2.71. The second kappa shape index (κ2) is 5.57. The van der Waals surface area contributed by atoms with E-state index in [4.69, 9.17) is 5.73 Å². The maximum absolute atomic E-state index is 12.3. The number of pyridine rings is 1. The number of nitrogens with zero attached hydrogens (tertiary/aromatic N) is 1. The first-order chi connectivity index (χ1) is 10.1. The van der Waals surface area contributed by atoms with Crippen molar-refractivity contribution in [3.63, 3.8) is 0 Å². The molecule has 2 amide bonds. The fourth-order valence-electron chi connectivity index (χ4n) is 2.47. The number of anilines is 1. The van der Waals surface area contributed by atoms with Crippen LogP contribution in [0.2, 0.25) is 0 Å². The Morgan fingerprint density at radius 2 is 2.19 bits per heavy atom. The summed E-state index contributed by atoms with van der Waals surface area (Å²) in [6.45, 7) is 0. The predicted molar refractivity (Wildman–Crippen MR) is 84.8 cm³/mol. The Morgan fingerprint density at radius 3 is 2.90 bits per heavy atom. The number of nitrogens with two attached hydrogens (primary N) is 1. The molecule has 0 spiro atoms. The normalized spacial score (nSPS) is 13.0. The summed E-state index contributed by atoms with van der Waals surface area (Å²) in [5, 5.41) is 3.34. The number of primary amides is 1. The van der Waals surface area contributed by atoms with Crippen LogP contribution in [0, 0.1) is 0 Å². The van der Waals surface area contributed by atoms with E-state index in [0.717, 1.165) is 29.7 Å². The van der Waals surface area contributed by atoms with Gasteiger partial charge in [-0.1, -0.05) is 0 Å². The summed E-state index contributed by atoms with van der Waals surface area (Å²) in [5.74, 6) is -0.763. The number of aromatic nitrogens is 1. The molecule has 0 aromatic carbocycles. The van der Waals surface area contributed by atoms with Crippen LogP contribution in [0.25, 0.3) is 0 Å². The molecule has 0 radical (unpaired) electrons. The Balaban J connectivity index is 1.92. The molecule has 3 N–H and O–H groups in total. The second-order valence-corrected chi connectivity index (χ2v) is 6.66. The van der Waals surface area contributed by atoms with Gasteiger partial charge in [-0.15, -0.1) is 11.3 Å². The largest absolute Gasteiger partial charge is 0.365 e. The lowest BCUT2D eigenvalue weighted by molar-refractivity contribution is 0.100. The Labute approximate surface area is 133 Å². The molecule has 0 saturated carbocycles. The van der Waals surface area contributed by atoms with Crippen molar-refractivity contribution in [2.75, 3.05) is 5.32 Å². The Morgan fingerprint density at radius 1 is 1.38 bits per heavy atom. The van der Waals surface area contributed by atoms with E-state index in [1.165, 1.54) is 11.3 Å². The first kappa shape index (κ1) is 14.2. The van der Waals surface area contributed by atoms with Crippen molar-refractivity contribution < 1.29 is 9.59 Å². The van der Waals surface area contributed by atoms with Gasteiger partial charge in [-0.25, -0.2) is 4.98 Å². The van der Waals surface area contributed by atoms with E-state index in [1.807, 2.05) is 0 Å². The van der Waals surface area contributed by atoms with E-state index in [1.54, 1.807) is 18.3 Å². The van der Waals surface area contributed by atoms with Gasteiger partial charge in [0, 0.05) is 16.6 Å². The molecule has 3 rings (SSSR count). The average molecular weight is 366 g/mol. The van der Waals surface area contributed by atoms with E-state index in [-0.39, 0.29) is 5.91 Å². The number of amides is 2. The van der Waals surface area contributed by atoms with Crippen molar-refractivity contribution >= 4 is 44.1 Å². The minimum absolute atomic E-state index is 0.277. The van der Waals surface area contributed by atoms with E-state index >= 15 is 0 Å². The molecule has 0 unspecified atom stereocenters. The number of nitrogens with one attached hydrogen (secondary N) is 1. The van der Waals surface area contributed by atoms with Crippen LogP contribution in [-0.4, -0.2) is 16.8 Å². The van der Waals surface area contributed by atoms with Gasteiger partial charge in [-0.3, -0.25) is 9.59 Å². The van der Waals surface area contributed by atoms with Crippen LogP contribution in [0.3, 0.4) is 0 Å². The lowest BCUT2D eigenvalue weighted by atomic mass is 10.1. The minimum Gasteiger partial charge on any atom is -0.365 e. The first-order valence-corrected chi connectivity index (χ1v) is 8.04. The monoisotopic (exact) mass is 365 g/mol. The lowest BCUT2D eigenvalue weighted by Gasteiger charge is -2.06. The molecule has 2 aromatic rings. The third-order valence-electron chi connectivity index (χ3n) is 3.38. The van der Waals surface area contributed by atoms with Gasteiger partial charge in [0.05, 0.1) is 5.56 Å². The van der Waals surface area contributed by atoms with E-state index in [9.17, 15) is 9.59 Å². The van der Waals surface area contributed by atoms with Crippen molar-refractivity contribution in [3.05, 3.63) is 44.5 Å². The molecule has 0 aliphatic heterocycles. The molecule has 2 aromatic heterocycles. The van der Waals surface area contributed by atoms with Crippen molar-refractivity contribution in [1.82, 2.24) is 4.98 Å². The zero-order valence-electron chi connectivity index (χ0n) is 11.0. The summed E-state index contributed by atoms with van der Waals surface area (Å²) < 4.78 is 0.582. The van der Waals surface area contributed by atoms with E-state index in [0.29, 0.717) is 20.7 Å². The number of aryl methyl sites for hydroxylation is 1. The van der Waals surface area contributed by atoms with E-state index in [2.05, 4.69) is 26.2 Å². The summed E-state index contributed by atoms with van der Waals surface area (Å²) in [4.78, 5) is 29.1. The Hall–Kier alpha value is -1.73. The molecule has 0 bridgehead atoms. The van der Waals surface area contributed by atoms with Crippen molar-refractivity contribution in [3.8, 4) is 0 Å². The molecule has 1 aliphatic carbocycles. The summed E-state index contributed by atoms with van der Waals surface area (Å²) in [6.07, 6.45) is 4.37. The predicted octanol–water partition coefficient (Wildman–Crippen LogP) is 2.75. The van der Waals surface area contributed by atoms with Crippen LogP contribution in [0.4, 0.5) is 5.00 Å². The van der Waals surface area contributed by atoms with Gasteiger partial charge in [-0.2, -0.15) is 0 Å². The molecule has 0 saturated heterocycles. The standard InChI is InChI=1S/C14H12BrN3O2S/c15-10-6-7(4-5-17-10)13(20)18-14-11(12(16)19)8-2-1-3-9(8)21-14/h4-6H,1-3H2,(H2,16,19)(H,18,20). The lowest BCUT2D eigenvalue weighted by Crippen LogP contribution is -2.17. The molecule has 21 heavy (non-hydrogen) atoms. The number of halogens is 1. The number of carbonyl (C=O) groups excluding carboxylic acids is 2. The number of fused-ring (bicyclic) bond motifs is 1. The van der Waals surface area contributed by atoms with Crippen LogP contribution in [0.1, 0.15) is 37.6 Å². The maximum atomic E-state index is 12.3. The highest BCUT2D eigenvalue weighted by atomic mass is 79.9. The summed E-state index contributed by atoms with van der Waals surface area (Å²) in [5.41, 5.74) is 7.41. The van der Waals surface area contributed by atoms with Gasteiger partial charge < -0.3 is 11.1 Å². The zero-order chi connectivity index (χ0) is 15.0. The van der Waals surface area contributed by atoms with Crippen molar-refractivity contribution in [2.24, 2.45) is 5.73 Å². The second-order valence-electron chi connectivity index (χ2n) is 4.75. The van der Waals surface area contributed by atoms with Crippen LogP contribution < -0.4 is 11.1 Å². The van der Waals surface area contributed by atoms with Gasteiger partial charge in [0.1, 0.15) is 9.60 Å². The minimum atomic E-state index is -0.486. The average Bonchev–Trinajstić information content (AvgIpc) is 2.98. The summed E-state index contributed by atoms with van der Waals surface area (Å²) >= 11 is 4.67. The molecule has 2 heterocycles. The third-order valence-corrected chi connectivity index (χ3v) is 5.02.